The average molecular weight is 155 g/mol. The van der Waals surface area contributed by atoms with E-state index in [9.17, 15) is 0 Å². The molecule has 1 aromatic rings. The van der Waals surface area contributed by atoms with Crippen molar-refractivity contribution in [3.05, 3.63) is 21.4 Å². The van der Waals surface area contributed by atoms with Crippen LogP contribution >= 0.6 is 11.3 Å². The summed E-state index contributed by atoms with van der Waals surface area (Å²) in [4.78, 5) is 2.43. The first-order chi connectivity index (χ1) is 4.74. The number of hydrogen-bond donors (Lipinski definition) is 1. The molecule has 3 heteroatoms. The minimum absolute atomic E-state index is 1.00. The first-order valence-electron chi connectivity index (χ1n) is 2.98. The van der Waals surface area contributed by atoms with Gasteiger partial charge in [0, 0.05) is 15.3 Å². The lowest BCUT2D eigenvalue weighted by Crippen LogP contribution is -1.77. The van der Waals surface area contributed by atoms with Crippen molar-refractivity contribution < 1.29 is 5.21 Å². The van der Waals surface area contributed by atoms with Gasteiger partial charge in [-0.25, -0.2) is 0 Å². The molecule has 0 saturated carbocycles. The van der Waals surface area contributed by atoms with Crippen LogP contribution in [0, 0.1) is 13.8 Å². The summed E-state index contributed by atoms with van der Waals surface area (Å²) in [6.45, 7) is 4.04. The Morgan fingerprint density at radius 2 is 2.30 bits per heavy atom. The molecule has 0 aliphatic carbocycles. The van der Waals surface area contributed by atoms with Crippen LogP contribution in [0.4, 0.5) is 0 Å². The first kappa shape index (κ1) is 7.28. The van der Waals surface area contributed by atoms with Gasteiger partial charge in [-0.2, -0.15) is 0 Å². The number of oxime groups is 1. The summed E-state index contributed by atoms with van der Waals surface area (Å²) in [6.07, 6.45) is 1.46. The molecule has 1 aromatic heterocycles. The Morgan fingerprint density at radius 3 is 2.70 bits per heavy atom. The van der Waals surface area contributed by atoms with Crippen LogP contribution in [-0.4, -0.2) is 11.4 Å². The van der Waals surface area contributed by atoms with Crippen molar-refractivity contribution in [1.82, 2.24) is 0 Å². The summed E-state index contributed by atoms with van der Waals surface area (Å²) in [5.41, 5.74) is 1.00. The molecule has 0 atom stereocenters. The molecule has 0 radical (unpaired) electrons. The highest BCUT2D eigenvalue weighted by Crippen LogP contribution is 2.18. The highest BCUT2D eigenvalue weighted by atomic mass is 32.1. The Hall–Kier alpha value is -0.830. The normalized spacial score (nSPS) is 11.0. The van der Waals surface area contributed by atoms with Gasteiger partial charge < -0.3 is 5.21 Å². The largest absolute Gasteiger partial charge is 0.411 e. The van der Waals surface area contributed by atoms with E-state index in [1.54, 1.807) is 11.3 Å². The minimum Gasteiger partial charge on any atom is -0.411 e. The summed E-state index contributed by atoms with van der Waals surface area (Å²) in [5, 5.41) is 11.2. The topological polar surface area (TPSA) is 32.6 Å². The van der Waals surface area contributed by atoms with E-state index in [1.807, 2.05) is 19.9 Å². The van der Waals surface area contributed by atoms with Crippen LogP contribution in [0.15, 0.2) is 11.2 Å². The summed E-state index contributed by atoms with van der Waals surface area (Å²) < 4.78 is 0. The van der Waals surface area contributed by atoms with Gasteiger partial charge >= 0.3 is 0 Å². The molecule has 10 heavy (non-hydrogen) atoms. The van der Waals surface area contributed by atoms with Crippen molar-refractivity contribution in [3.8, 4) is 0 Å². The number of aryl methyl sites for hydroxylation is 2. The molecule has 0 fully saturated rings. The van der Waals surface area contributed by atoms with Gasteiger partial charge in [0.2, 0.25) is 0 Å². The van der Waals surface area contributed by atoms with E-state index >= 15 is 0 Å². The van der Waals surface area contributed by atoms with E-state index in [0.29, 0.717) is 0 Å². The lowest BCUT2D eigenvalue weighted by Gasteiger charge is -1.83. The standard InChI is InChI=1S/C7H9NOS/c1-5-3-7(4-8-9)6(2)10-5/h3-4,9H,1-2H3/b8-4+. The van der Waals surface area contributed by atoms with E-state index in [1.165, 1.54) is 16.0 Å². The van der Waals surface area contributed by atoms with Crippen LogP contribution in [0.25, 0.3) is 0 Å². The van der Waals surface area contributed by atoms with Crippen molar-refractivity contribution in [2.45, 2.75) is 13.8 Å². The van der Waals surface area contributed by atoms with Gasteiger partial charge in [0.05, 0.1) is 6.21 Å². The van der Waals surface area contributed by atoms with E-state index in [0.717, 1.165) is 5.56 Å². The van der Waals surface area contributed by atoms with Crippen LogP contribution < -0.4 is 0 Å². The molecule has 54 valence electrons. The third-order valence-electron chi connectivity index (χ3n) is 1.28. The first-order valence-corrected chi connectivity index (χ1v) is 3.80. The number of thiophene rings is 1. The fraction of sp³-hybridized carbons (Fsp3) is 0.286. The second-order valence-electron chi connectivity index (χ2n) is 2.11. The zero-order chi connectivity index (χ0) is 7.56. The van der Waals surface area contributed by atoms with Crippen molar-refractivity contribution in [2.24, 2.45) is 5.16 Å². The third-order valence-corrected chi connectivity index (χ3v) is 2.26. The van der Waals surface area contributed by atoms with E-state index in [4.69, 9.17) is 5.21 Å². The van der Waals surface area contributed by atoms with Gasteiger partial charge in [0.25, 0.3) is 0 Å². The Balaban J connectivity index is 3.03. The van der Waals surface area contributed by atoms with Crippen molar-refractivity contribution in [2.75, 3.05) is 0 Å². The molecule has 0 unspecified atom stereocenters. The summed E-state index contributed by atoms with van der Waals surface area (Å²) in [7, 11) is 0. The quantitative estimate of drug-likeness (QED) is 0.376. The molecule has 0 spiro atoms. The second-order valence-corrected chi connectivity index (χ2v) is 3.57. The van der Waals surface area contributed by atoms with E-state index in [2.05, 4.69) is 5.16 Å². The van der Waals surface area contributed by atoms with Crippen LogP contribution in [0.5, 0.6) is 0 Å². The highest BCUT2D eigenvalue weighted by molar-refractivity contribution is 7.12. The average Bonchev–Trinajstić information content (AvgIpc) is 2.13. The maximum absolute atomic E-state index is 8.23. The summed E-state index contributed by atoms with van der Waals surface area (Å²) >= 11 is 1.71. The van der Waals surface area contributed by atoms with Gasteiger partial charge in [0.15, 0.2) is 0 Å². The Kier molecular flexibility index (Phi) is 2.06. The maximum Gasteiger partial charge on any atom is 0.0744 e. The molecule has 0 aliphatic rings. The van der Waals surface area contributed by atoms with Gasteiger partial charge in [0.1, 0.15) is 0 Å². The van der Waals surface area contributed by atoms with Crippen LogP contribution in [0.1, 0.15) is 15.3 Å². The Labute approximate surface area is 63.8 Å². The predicted octanol–water partition coefficient (Wildman–Crippen LogP) is 2.17. The predicted molar refractivity (Wildman–Crippen MR) is 43.2 cm³/mol. The molecule has 0 aromatic carbocycles. The maximum atomic E-state index is 8.23. The molecular formula is C7H9NOS. The van der Waals surface area contributed by atoms with Gasteiger partial charge in [-0.3, -0.25) is 0 Å². The van der Waals surface area contributed by atoms with Crippen molar-refractivity contribution >= 4 is 17.6 Å². The van der Waals surface area contributed by atoms with Crippen LogP contribution in [0.2, 0.25) is 0 Å². The summed E-state index contributed by atoms with van der Waals surface area (Å²) in [5.74, 6) is 0. The number of hydrogen-bond acceptors (Lipinski definition) is 3. The smallest absolute Gasteiger partial charge is 0.0744 e. The monoisotopic (exact) mass is 155 g/mol. The SMILES string of the molecule is Cc1cc(/C=N/O)c(C)s1. The molecule has 1 N–H and O–H groups in total. The highest BCUT2D eigenvalue weighted by Gasteiger charge is 1.98. The zero-order valence-electron chi connectivity index (χ0n) is 5.96. The second kappa shape index (κ2) is 2.84. The lowest BCUT2D eigenvalue weighted by molar-refractivity contribution is 0.322. The molecule has 1 rings (SSSR count). The third kappa shape index (κ3) is 1.36. The molecule has 2 nitrogen and oxygen atoms in total. The number of nitrogens with zero attached hydrogens (tertiary/aromatic N) is 1. The fourth-order valence-electron chi connectivity index (χ4n) is 0.841. The van der Waals surface area contributed by atoms with Crippen LogP contribution in [0.3, 0.4) is 0 Å². The fourth-order valence-corrected chi connectivity index (χ4v) is 1.74. The molecule has 0 amide bonds. The summed E-state index contributed by atoms with van der Waals surface area (Å²) in [6, 6.07) is 2.00. The molecule has 0 aliphatic heterocycles. The van der Waals surface area contributed by atoms with E-state index < -0.39 is 0 Å². The van der Waals surface area contributed by atoms with Gasteiger partial charge in [-0.15, -0.1) is 11.3 Å². The van der Waals surface area contributed by atoms with Crippen molar-refractivity contribution in [1.29, 1.82) is 0 Å². The Morgan fingerprint density at radius 1 is 1.60 bits per heavy atom. The van der Waals surface area contributed by atoms with E-state index in [-0.39, 0.29) is 0 Å². The molecule has 0 bridgehead atoms. The number of rotatable bonds is 1. The van der Waals surface area contributed by atoms with Crippen molar-refractivity contribution in [3.63, 3.8) is 0 Å². The van der Waals surface area contributed by atoms with Gasteiger partial charge in [-0.05, 0) is 19.9 Å². The van der Waals surface area contributed by atoms with Crippen LogP contribution in [-0.2, 0) is 0 Å². The Bertz CT molecular complexity index is 252. The zero-order valence-corrected chi connectivity index (χ0v) is 6.77. The minimum atomic E-state index is 1.00. The molecule has 0 saturated heterocycles. The molecule has 1 heterocycles. The van der Waals surface area contributed by atoms with Gasteiger partial charge in [-0.1, -0.05) is 5.16 Å². The molecular weight excluding hydrogens is 146 g/mol. The lowest BCUT2D eigenvalue weighted by atomic mass is 10.3.